The summed E-state index contributed by atoms with van der Waals surface area (Å²) < 4.78 is 4.81. The van der Waals surface area contributed by atoms with E-state index in [1.807, 2.05) is 0 Å². The molecule has 0 aliphatic rings. The fourth-order valence-electron chi connectivity index (χ4n) is 1.05. The molecule has 1 amide bonds. The SMILES string of the molecule is COCCNC(=O)CNc1ccc(N)nc1. The van der Waals surface area contributed by atoms with Crippen LogP contribution in [0.2, 0.25) is 0 Å². The van der Waals surface area contributed by atoms with Crippen molar-refractivity contribution >= 4 is 17.4 Å². The van der Waals surface area contributed by atoms with Gasteiger partial charge in [0.1, 0.15) is 5.82 Å². The number of nitrogens with zero attached hydrogens (tertiary/aromatic N) is 1. The van der Waals surface area contributed by atoms with Gasteiger partial charge < -0.3 is 21.1 Å². The third-order valence-corrected chi connectivity index (χ3v) is 1.87. The van der Waals surface area contributed by atoms with Crippen molar-refractivity contribution in [3.05, 3.63) is 18.3 Å². The van der Waals surface area contributed by atoms with Crippen LogP contribution >= 0.6 is 0 Å². The van der Waals surface area contributed by atoms with Crippen LogP contribution in [0.4, 0.5) is 11.5 Å². The first kappa shape index (κ1) is 12.3. The van der Waals surface area contributed by atoms with E-state index in [2.05, 4.69) is 15.6 Å². The van der Waals surface area contributed by atoms with Crippen LogP contribution in [0.25, 0.3) is 0 Å². The quantitative estimate of drug-likeness (QED) is 0.584. The minimum absolute atomic E-state index is 0.0890. The predicted molar refractivity (Wildman–Crippen MR) is 62.0 cm³/mol. The Morgan fingerprint density at radius 3 is 3.00 bits per heavy atom. The van der Waals surface area contributed by atoms with Crippen molar-refractivity contribution in [1.29, 1.82) is 0 Å². The molecule has 0 aliphatic carbocycles. The highest BCUT2D eigenvalue weighted by Crippen LogP contribution is 2.05. The highest BCUT2D eigenvalue weighted by Gasteiger charge is 2.00. The lowest BCUT2D eigenvalue weighted by atomic mass is 10.4. The molecule has 0 aliphatic heterocycles. The number of pyridine rings is 1. The first-order valence-corrected chi connectivity index (χ1v) is 4.93. The Balaban J connectivity index is 2.23. The number of rotatable bonds is 6. The molecule has 0 aromatic carbocycles. The van der Waals surface area contributed by atoms with E-state index in [1.165, 1.54) is 0 Å². The molecular formula is C10H16N4O2. The molecular weight excluding hydrogens is 208 g/mol. The van der Waals surface area contributed by atoms with Gasteiger partial charge in [-0.3, -0.25) is 4.79 Å². The van der Waals surface area contributed by atoms with E-state index >= 15 is 0 Å². The van der Waals surface area contributed by atoms with Gasteiger partial charge in [-0.15, -0.1) is 0 Å². The minimum atomic E-state index is -0.0890. The number of methoxy groups -OCH3 is 1. The highest BCUT2D eigenvalue weighted by molar-refractivity contribution is 5.80. The summed E-state index contributed by atoms with van der Waals surface area (Å²) in [5.74, 6) is 0.365. The molecule has 1 heterocycles. The average Bonchev–Trinajstić information content (AvgIpc) is 2.29. The van der Waals surface area contributed by atoms with Crippen molar-refractivity contribution in [2.24, 2.45) is 0 Å². The van der Waals surface area contributed by atoms with Crippen LogP contribution in [0.1, 0.15) is 0 Å². The van der Waals surface area contributed by atoms with Crippen molar-refractivity contribution < 1.29 is 9.53 Å². The number of nitrogens with one attached hydrogen (secondary N) is 2. The van der Waals surface area contributed by atoms with Gasteiger partial charge in [0.2, 0.25) is 5.91 Å². The summed E-state index contributed by atoms with van der Waals surface area (Å²) in [5, 5.41) is 5.62. The third-order valence-electron chi connectivity index (χ3n) is 1.87. The Morgan fingerprint density at radius 1 is 1.56 bits per heavy atom. The Morgan fingerprint density at radius 2 is 2.38 bits per heavy atom. The molecule has 6 nitrogen and oxygen atoms in total. The monoisotopic (exact) mass is 224 g/mol. The number of anilines is 2. The van der Waals surface area contributed by atoms with E-state index in [0.717, 1.165) is 5.69 Å². The normalized spacial score (nSPS) is 9.81. The second-order valence-electron chi connectivity index (χ2n) is 3.17. The number of aromatic nitrogens is 1. The summed E-state index contributed by atoms with van der Waals surface area (Å²) in [6.07, 6.45) is 1.58. The van der Waals surface area contributed by atoms with Crippen LogP contribution in [0.3, 0.4) is 0 Å². The fraction of sp³-hybridized carbons (Fsp3) is 0.400. The molecule has 0 atom stereocenters. The largest absolute Gasteiger partial charge is 0.384 e. The Hall–Kier alpha value is -1.82. The Labute approximate surface area is 94.2 Å². The van der Waals surface area contributed by atoms with Crippen LogP contribution in [0.5, 0.6) is 0 Å². The van der Waals surface area contributed by atoms with Gasteiger partial charge in [0.15, 0.2) is 0 Å². The Kier molecular flexibility index (Phi) is 5.07. The van der Waals surface area contributed by atoms with Crippen molar-refractivity contribution in [2.75, 3.05) is 37.9 Å². The summed E-state index contributed by atoms with van der Waals surface area (Å²) in [4.78, 5) is 15.2. The molecule has 1 aromatic rings. The number of hydrogen-bond donors (Lipinski definition) is 3. The van der Waals surface area contributed by atoms with Gasteiger partial charge in [-0.2, -0.15) is 0 Å². The number of amides is 1. The minimum Gasteiger partial charge on any atom is -0.384 e. The van der Waals surface area contributed by atoms with Crippen molar-refractivity contribution in [1.82, 2.24) is 10.3 Å². The van der Waals surface area contributed by atoms with Crippen LogP contribution < -0.4 is 16.4 Å². The van der Waals surface area contributed by atoms with Gasteiger partial charge in [-0.1, -0.05) is 0 Å². The lowest BCUT2D eigenvalue weighted by molar-refractivity contribution is -0.119. The third kappa shape index (κ3) is 4.61. The molecule has 0 bridgehead atoms. The first-order chi connectivity index (χ1) is 7.72. The number of carbonyl (C=O) groups is 1. The molecule has 16 heavy (non-hydrogen) atoms. The summed E-state index contributed by atoms with van der Waals surface area (Å²) in [6, 6.07) is 3.44. The van der Waals surface area contributed by atoms with Gasteiger partial charge in [0.25, 0.3) is 0 Å². The zero-order valence-corrected chi connectivity index (χ0v) is 9.19. The van der Waals surface area contributed by atoms with Crippen LogP contribution in [0.15, 0.2) is 18.3 Å². The van der Waals surface area contributed by atoms with E-state index in [0.29, 0.717) is 19.0 Å². The lowest BCUT2D eigenvalue weighted by Gasteiger charge is -2.07. The van der Waals surface area contributed by atoms with Crippen molar-refractivity contribution in [3.63, 3.8) is 0 Å². The van der Waals surface area contributed by atoms with E-state index in [9.17, 15) is 4.79 Å². The predicted octanol–water partition coefficient (Wildman–Crippen LogP) is -0.162. The molecule has 1 aromatic heterocycles. The average molecular weight is 224 g/mol. The molecule has 0 radical (unpaired) electrons. The van der Waals surface area contributed by atoms with E-state index in [-0.39, 0.29) is 12.5 Å². The lowest BCUT2D eigenvalue weighted by Crippen LogP contribution is -2.32. The summed E-state index contributed by atoms with van der Waals surface area (Å²) in [5.41, 5.74) is 6.19. The van der Waals surface area contributed by atoms with E-state index < -0.39 is 0 Å². The highest BCUT2D eigenvalue weighted by atomic mass is 16.5. The smallest absolute Gasteiger partial charge is 0.239 e. The van der Waals surface area contributed by atoms with E-state index in [4.69, 9.17) is 10.5 Å². The second-order valence-corrected chi connectivity index (χ2v) is 3.17. The summed E-state index contributed by atoms with van der Waals surface area (Å²) >= 11 is 0. The number of nitrogens with two attached hydrogens (primary N) is 1. The van der Waals surface area contributed by atoms with E-state index in [1.54, 1.807) is 25.4 Å². The van der Waals surface area contributed by atoms with Crippen LogP contribution in [-0.4, -0.2) is 37.7 Å². The molecule has 0 unspecified atom stereocenters. The molecule has 0 saturated carbocycles. The van der Waals surface area contributed by atoms with Crippen LogP contribution in [0, 0.1) is 0 Å². The van der Waals surface area contributed by atoms with Crippen LogP contribution in [-0.2, 0) is 9.53 Å². The standard InChI is InChI=1S/C10H16N4O2/c1-16-5-4-12-10(15)7-13-8-2-3-9(11)14-6-8/h2-3,6,13H,4-5,7H2,1H3,(H2,11,14)(H,12,15). The first-order valence-electron chi connectivity index (χ1n) is 4.93. The molecule has 0 fully saturated rings. The summed E-state index contributed by atoms with van der Waals surface area (Å²) in [7, 11) is 1.59. The topological polar surface area (TPSA) is 89.3 Å². The van der Waals surface area contributed by atoms with Crippen molar-refractivity contribution in [2.45, 2.75) is 0 Å². The molecule has 1 rings (SSSR count). The van der Waals surface area contributed by atoms with Gasteiger partial charge in [-0.25, -0.2) is 4.98 Å². The Bertz CT molecular complexity index is 326. The second kappa shape index (κ2) is 6.62. The maximum atomic E-state index is 11.3. The maximum Gasteiger partial charge on any atom is 0.239 e. The zero-order chi connectivity index (χ0) is 11.8. The van der Waals surface area contributed by atoms with Gasteiger partial charge in [0, 0.05) is 13.7 Å². The van der Waals surface area contributed by atoms with Crippen molar-refractivity contribution in [3.8, 4) is 0 Å². The molecule has 0 saturated heterocycles. The summed E-state index contributed by atoms with van der Waals surface area (Å²) in [6.45, 7) is 1.22. The number of carbonyl (C=O) groups excluding carboxylic acids is 1. The maximum absolute atomic E-state index is 11.3. The molecule has 0 spiro atoms. The number of hydrogen-bond acceptors (Lipinski definition) is 5. The van der Waals surface area contributed by atoms with Gasteiger partial charge in [-0.05, 0) is 12.1 Å². The zero-order valence-electron chi connectivity index (χ0n) is 9.19. The van der Waals surface area contributed by atoms with Gasteiger partial charge >= 0.3 is 0 Å². The number of ether oxygens (including phenoxy) is 1. The molecule has 4 N–H and O–H groups in total. The number of nitrogen functional groups attached to an aromatic ring is 1. The molecule has 88 valence electrons. The fourth-order valence-corrected chi connectivity index (χ4v) is 1.05. The molecule has 6 heteroatoms. The van der Waals surface area contributed by atoms with Gasteiger partial charge in [0.05, 0.1) is 25.0 Å².